The van der Waals surface area contributed by atoms with Crippen molar-refractivity contribution in [3.8, 4) is 11.5 Å². The van der Waals surface area contributed by atoms with E-state index in [1.54, 1.807) is 60.7 Å². The minimum Gasteiger partial charge on any atom is -0.489 e. The molecule has 0 spiro atoms. The maximum Gasteiger partial charge on any atom is 0.343 e. The molecule has 1 N–H and O–H groups in total. The van der Waals surface area contributed by atoms with Gasteiger partial charge in [0, 0.05) is 17.5 Å². The van der Waals surface area contributed by atoms with Crippen LogP contribution in [0, 0.1) is 11.7 Å². The van der Waals surface area contributed by atoms with Gasteiger partial charge in [-0.2, -0.15) is 0 Å². The van der Waals surface area contributed by atoms with Crippen LogP contribution in [0.2, 0.25) is 0 Å². The molecule has 244 valence electrons. The average Bonchev–Trinajstić information content (AvgIpc) is 3.14. The lowest BCUT2D eigenvalue weighted by molar-refractivity contribution is -0.0235. The fourth-order valence-corrected chi connectivity index (χ4v) is 6.38. The van der Waals surface area contributed by atoms with Crippen molar-refractivity contribution in [1.82, 2.24) is 4.90 Å². The van der Waals surface area contributed by atoms with Gasteiger partial charge in [0.1, 0.15) is 29.5 Å². The lowest BCUT2D eigenvalue weighted by Crippen LogP contribution is -2.52. The molecule has 2 atom stereocenters. The Morgan fingerprint density at radius 3 is 1.88 bits per heavy atom. The summed E-state index contributed by atoms with van der Waals surface area (Å²) in [5.41, 5.74) is 1.89. The molecular formula is C41H38FNO5. The zero-order valence-electron chi connectivity index (χ0n) is 26.8. The Labute approximate surface area is 280 Å². The van der Waals surface area contributed by atoms with Crippen LogP contribution in [-0.4, -0.2) is 40.9 Å². The van der Waals surface area contributed by atoms with Gasteiger partial charge in [-0.3, -0.25) is 9.69 Å². The predicted octanol–water partition coefficient (Wildman–Crippen LogP) is 7.84. The predicted molar refractivity (Wildman–Crippen MR) is 183 cm³/mol. The third-order valence-corrected chi connectivity index (χ3v) is 9.24. The van der Waals surface area contributed by atoms with Crippen LogP contribution in [0.4, 0.5) is 4.39 Å². The van der Waals surface area contributed by atoms with Gasteiger partial charge >= 0.3 is 5.97 Å². The van der Waals surface area contributed by atoms with Crippen molar-refractivity contribution in [2.75, 3.05) is 13.1 Å². The summed E-state index contributed by atoms with van der Waals surface area (Å²) in [5.74, 6) is 0.0630. The Hall–Kier alpha value is -5.11. The second kappa shape index (κ2) is 14.8. The third-order valence-electron chi connectivity index (χ3n) is 9.24. The number of hydrogen-bond acceptors (Lipinski definition) is 6. The summed E-state index contributed by atoms with van der Waals surface area (Å²) in [5, 5.41) is 12.7. The minimum absolute atomic E-state index is 0.0179. The molecule has 0 aliphatic carbocycles. The standard InChI is InChI=1S/C41H38FNO5/c1-29(43-26-24-32(25-27-43)39(44)31-12-18-36(42)19-13-31)41(46,34-14-20-37(21-15-34)47-28-30-8-4-2-5-9-30)35-16-22-38(23-17-35)48-40(45)33-10-6-3-7-11-33/h2-23,29,32,46H,24-28H2,1H3. The van der Waals surface area contributed by atoms with Crippen molar-refractivity contribution in [1.29, 1.82) is 0 Å². The molecule has 5 aromatic rings. The van der Waals surface area contributed by atoms with Gasteiger partial charge in [-0.1, -0.05) is 72.8 Å². The second-order valence-electron chi connectivity index (χ2n) is 12.2. The number of nitrogens with zero attached hydrogens (tertiary/aromatic N) is 1. The van der Waals surface area contributed by atoms with Gasteiger partial charge in [0.05, 0.1) is 5.56 Å². The molecule has 0 amide bonds. The Morgan fingerprint density at radius 2 is 1.29 bits per heavy atom. The van der Waals surface area contributed by atoms with Gasteiger partial charge in [-0.05, 0) is 110 Å². The van der Waals surface area contributed by atoms with Gasteiger partial charge in [0.25, 0.3) is 0 Å². The summed E-state index contributed by atoms with van der Waals surface area (Å²) >= 11 is 0. The quantitative estimate of drug-likeness (QED) is 0.0898. The van der Waals surface area contributed by atoms with Gasteiger partial charge < -0.3 is 14.6 Å². The van der Waals surface area contributed by atoms with Crippen molar-refractivity contribution < 1.29 is 28.6 Å². The Kier molecular flexibility index (Phi) is 10.1. The first kappa shape index (κ1) is 32.8. The summed E-state index contributed by atoms with van der Waals surface area (Å²) < 4.78 is 25.1. The summed E-state index contributed by atoms with van der Waals surface area (Å²) in [6.45, 7) is 3.62. The van der Waals surface area contributed by atoms with Crippen LogP contribution in [0.25, 0.3) is 0 Å². The zero-order valence-corrected chi connectivity index (χ0v) is 26.8. The summed E-state index contributed by atoms with van der Waals surface area (Å²) in [6, 6.07) is 38.5. The van der Waals surface area contributed by atoms with E-state index in [0.29, 0.717) is 66.3 Å². The summed E-state index contributed by atoms with van der Waals surface area (Å²) in [6.07, 6.45) is 1.24. The Bertz CT molecular complexity index is 1800. The van der Waals surface area contributed by atoms with Crippen molar-refractivity contribution in [2.45, 2.75) is 38.0 Å². The van der Waals surface area contributed by atoms with Crippen LogP contribution in [0.5, 0.6) is 11.5 Å². The van der Waals surface area contributed by atoms with E-state index < -0.39 is 11.6 Å². The maximum absolute atomic E-state index is 13.4. The van der Waals surface area contributed by atoms with Gasteiger partial charge in [0.15, 0.2) is 5.78 Å². The number of likely N-dealkylation sites (tertiary alicyclic amines) is 1. The molecule has 0 radical (unpaired) electrons. The number of carbonyl (C=O) groups is 2. The fourth-order valence-electron chi connectivity index (χ4n) is 6.38. The van der Waals surface area contributed by atoms with Gasteiger partial charge in [0.2, 0.25) is 0 Å². The smallest absolute Gasteiger partial charge is 0.343 e. The highest BCUT2D eigenvalue weighted by Gasteiger charge is 2.42. The van der Waals surface area contributed by atoms with E-state index in [9.17, 15) is 19.1 Å². The first-order valence-electron chi connectivity index (χ1n) is 16.2. The van der Waals surface area contributed by atoms with Gasteiger partial charge in [-0.15, -0.1) is 0 Å². The monoisotopic (exact) mass is 643 g/mol. The van der Waals surface area contributed by atoms with Crippen LogP contribution in [-0.2, 0) is 12.2 Å². The third kappa shape index (κ3) is 7.38. The first-order valence-corrected chi connectivity index (χ1v) is 16.2. The largest absolute Gasteiger partial charge is 0.489 e. The normalized spacial score (nSPS) is 15.6. The molecule has 6 nitrogen and oxygen atoms in total. The van der Waals surface area contributed by atoms with E-state index in [4.69, 9.17) is 9.47 Å². The molecule has 0 saturated carbocycles. The van der Waals surface area contributed by atoms with E-state index >= 15 is 0 Å². The Morgan fingerprint density at radius 1 is 0.750 bits per heavy atom. The van der Waals surface area contributed by atoms with Crippen molar-refractivity contribution in [2.24, 2.45) is 5.92 Å². The molecule has 1 fully saturated rings. The van der Waals surface area contributed by atoms with Crippen molar-refractivity contribution in [3.05, 3.63) is 167 Å². The first-order chi connectivity index (χ1) is 23.3. The zero-order chi connectivity index (χ0) is 33.5. The molecule has 1 heterocycles. The lowest BCUT2D eigenvalue weighted by Gasteiger charge is -2.44. The molecule has 1 aliphatic heterocycles. The molecule has 5 aromatic carbocycles. The molecule has 0 aromatic heterocycles. The van der Waals surface area contributed by atoms with Gasteiger partial charge in [-0.25, -0.2) is 9.18 Å². The number of benzene rings is 5. The molecule has 0 bridgehead atoms. The number of carbonyl (C=O) groups excluding carboxylic acids is 2. The average molecular weight is 644 g/mol. The highest BCUT2D eigenvalue weighted by molar-refractivity contribution is 5.97. The second-order valence-corrected chi connectivity index (χ2v) is 12.2. The molecular weight excluding hydrogens is 605 g/mol. The number of ketones is 1. The van der Waals surface area contributed by atoms with E-state index in [2.05, 4.69) is 4.90 Å². The summed E-state index contributed by atoms with van der Waals surface area (Å²) in [4.78, 5) is 28.0. The number of rotatable bonds is 11. The van der Waals surface area contributed by atoms with Crippen molar-refractivity contribution >= 4 is 11.8 Å². The van der Waals surface area contributed by atoms with E-state index in [0.717, 1.165) is 5.56 Å². The maximum atomic E-state index is 13.4. The number of ether oxygens (including phenoxy) is 2. The van der Waals surface area contributed by atoms with Crippen LogP contribution in [0.3, 0.4) is 0 Å². The number of aliphatic hydroxyl groups is 1. The number of piperidine rings is 1. The van der Waals surface area contributed by atoms with E-state index in [1.807, 2.05) is 67.6 Å². The highest BCUT2D eigenvalue weighted by atomic mass is 19.1. The Balaban J connectivity index is 1.22. The molecule has 48 heavy (non-hydrogen) atoms. The highest BCUT2D eigenvalue weighted by Crippen LogP contribution is 2.39. The summed E-state index contributed by atoms with van der Waals surface area (Å²) in [7, 11) is 0. The topological polar surface area (TPSA) is 76.1 Å². The van der Waals surface area contributed by atoms with Crippen LogP contribution in [0.1, 0.15) is 57.2 Å². The van der Waals surface area contributed by atoms with Crippen LogP contribution >= 0.6 is 0 Å². The van der Waals surface area contributed by atoms with Crippen LogP contribution < -0.4 is 9.47 Å². The molecule has 1 aliphatic rings. The molecule has 2 unspecified atom stereocenters. The van der Waals surface area contributed by atoms with E-state index in [1.165, 1.54) is 12.1 Å². The SMILES string of the molecule is CC(N1CCC(C(=O)c2ccc(F)cc2)CC1)C(O)(c1ccc(OCc2ccccc2)cc1)c1ccc(OC(=O)c2ccccc2)cc1. The number of esters is 1. The lowest BCUT2D eigenvalue weighted by atomic mass is 9.78. The fraction of sp³-hybridized carbons (Fsp3) is 0.220. The van der Waals surface area contributed by atoms with Crippen LogP contribution in [0.15, 0.2) is 133 Å². The van der Waals surface area contributed by atoms with Crippen molar-refractivity contribution in [3.63, 3.8) is 0 Å². The molecule has 1 saturated heterocycles. The minimum atomic E-state index is -1.45. The number of halogens is 1. The van der Waals surface area contributed by atoms with E-state index in [-0.39, 0.29) is 23.6 Å². The molecule has 6 rings (SSSR count). The molecule has 7 heteroatoms. The number of hydrogen-bond donors (Lipinski definition) is 1. The number of Topliss-reactive ketones (excluding diaryl/α,β-unsaturated/α-hetero) is 1.